The number of likely N-dealkylation sites (tertiary alicyclic amines) is 1. The van der Waals surface area contributed by atoms with Gasteiger partial charge in [-0.1, -0.05) is 13.0 Å². The zero-order chi connectivity index (χ0) is 13.3. The maximum absolute atomic E-state index is 12.7. The third-order valence-corrected chi connectivity index (χ3v) is 3.98. The number of amides is 1. The Labute approximate surface area is 109 Å². The van der Waals surface area contributed by atoms with E-state index >= 15 is 0 Å². The second kappa shape index (κ2) is 5.01. The summed E-state index contributed by atoms with van der Waals surface area (Å²) in [5.41, 5.74) is 8.21. The van der Waals surface area contributed by atoms with Gasteiger partial charge in [0.1, 0.15) is 0 Å². The van der Waals surface area contributed by atoms with Gasteiger partial charge in [-0.05, 0) is 50.8 Å². The molecule has 3 heteroatoms. The largest absolute Gasteiger partial charge is 0.399 e. The number of hydrogen-bond acceptors (Lipinski definition) is 2. The lowest BCUT2D eigenvalue weighted by atomic mass is 10.1. The number of benzene rings is 1. The highest BCUT2D eigenvalue weighted by molar-refractivity contribution is 5.97. The van der Waals surface area contributed by atoms with Crippen molar-refractivity contribution in [3.05, 3.63) is 29.3 Å². The average Bonchev–Trinajstić information content (AvgIpc) is 2.72. The summed E-state index contributed by atoms with van der Waals surface area (Å²) in [5.74, 6) is 0.136. The predicted octanol–water partition coefficient (Wildman–Crippen LogP) is 2.98. The molecule has 18 heavy (non-hydrogen) atoms. The van der Waals surface area contributed by atoms with Crippen LogP contribution in [-0.4, -0.2) is 22.9 Å². The Bertz CT molecular complexity index is 456. The Morgan fingerprint density at radius 2 is 2.17 bits per heavy atom. The number of nitrogen functional groups attached to an aromatic ring is 1. The third-order valence-electron chi connectivity index (χ3n) is 3.98. The van der Waals surface area contributed by atoms with Crippen molar-refractivity contribution < 1.29 is 4.79 Å². The molecule has 2 N–H and O–H groups in total. The Hall–Kier alpha value is -1.51. The number of nitrogens with two attached hydrogens (primary N) is 1. The van der Waals surface area contributed by atoms with Crippen LogP contribution in [0.15, 0.2) is 18.2 Å². The maximum atomic E-state index is 12.7. The van der Waals surface area contributed by atoms with Gasteiger partial charge < -0.3 is 10.6 Å². The summed E-state index contributed by atoms with van der Waals surface area (Å²) in [6.45, 7) is 6.25. The van der Waals surface area contributed by atoms with Crippen LogP contribution in [0.5, 0.6) is 0 Å². The predicted molar refractivity (Wildman–Crippen MR) is 74.5 cm³/mol. The molecule has 0 aliphatic carbocycles. The van der Waals surface area contributed by atoms with Crippen molar-refractivity contribution in [2.45, 2.75) is 52.1 Å². The zero-order valence-electron chi connectivity index (χ0n) is 11.4. The minimum Gasteiger partial charge on any atom is -0.399 e. The highest BCUT2D eigenvalue weighted by Gasteiger charge is 2.34. The van der Waals surface area contributed by atoms with Crippen molar-refractivity contribution in [3.8, 4) is 0 Å². The molecule has 1 heterocycles. The number of carbonyl (C=O) groups excluding carboxylic acids is 1. The fourth-order valence-corrected chi connectivity index (χ4v) is 2.85. The normalized spacial score (nSPS) is 23.4. The van der Waals surface area contributed by atoms with E-state index in [1.54, 1.807) is 6.07 Å². The summed E-state index contributed by atoms with van der Waals surface area (Å²) in [6.07, 6.45) is 3.24. The Morgan fingerprint density at radius 1 is 1.44 bits per heavy atom. The fraction of sp³-hybridized carbons (Fsp3) is 0.533. The highest BCUT2D eigenvalue weighted by Crippen LogP contribution is 2.29. The molecule has 1 aliphatic heterocycles. The maximum Gasteiger partial charge on any atom is 0.254 e. The third kappa shape index (κ3) is 2.22. The zero-order valence-corrected chi connectivity index (χ0v) is 11.4. The van der Waals surface area contributed by atoms with E-state index in [2.05, 4.69) is 13.8 Å². The monoisotopic (exact) mass is 246 g/mol. The van der Waals surface area contributed by atoms with Crippen molar-refractivity contribution in [1.82, 2.24) is 4.90 Å². The first-order valence-corrected chi connectivity index (χ1v) is 6.73. The summed E-state index contributed by atoms with van der Waals surface area (Å²) >= 11 is 0. The van der Waals surface area contributed by atoms with Crippen LogP contribution in [-0.2, 0) is 0 Å². The topological polar surface area (TPSA) is 46.3 Å². The lowest BCUT2D eigenvalue weighted by Gasteiger charge is -2.28. The molecule has 1 aliphatic rings. The first-order chi connectivity index (χ1) is 8.54. The Kier molecular flexibility index (Phi) is 3.60. The molecule has 0 radical (unpaired) electrons. The van der Waals surface area contributed by atoms with Crippen LogP contribution in [0.4, 0.5) is 5.69 Å². The Morgan fingerprint density at radius 3 is 2.83 bits per heavy atom. The summed E-state index contributed by atoms with van der Waals surface area (Å²) in [5, 5.41) is 0. The van der Waals surface area contributed by atoms with Gasteiger partial charge in [0.2, 0.25) is 0 Å². The number of carbonyl (C=O) groups is 1. The molecule has 2 rings (SSSR count). The van der Waals surface area contributed by atoms with E-state index in [-0.39, 0.29) is 5.91 Å². The Balaban J connectivity index is 2.32. The van der Waals surface area contributed by atoms with E-state index in [0.29, 0.717) is 17.8 Å². The second-order valence-electron chi connectivity index (χ2n) is 5.28. The van der Waals surface area contributed by atoms with Gasteiger partial charge in [-0.3, -0.25) is 4.79 Å². The van der Waals surface area contributed by atoms with Crippen molar-refractivity contribution in [2.24, 2.45) is 0 Å². The molecule has 0 spiro atoms. The van der Waals surface area contributed by atoms with E-state index in [4.69, 9.17) is 5.73 Å². The van der Waals surface area contributed by atoms with Crippen LogP contribution >= 0.6 is 0 Å². The second-order valence-corrected chi connectivity index (χ2v) is 5.28. The molecule has 0 aromatic heterocycles. The van der Waals surface area contributed by atoms with Crippen LogP contribution in [0.25, 0.3) is 0 Å². The van der Waals surface area contributed by atoms with Crippen molar-refractivity contribution in [3.63, 3.8) is 0 Å². The van der Waals surface area contributed by atoms with Crippen LogP contribution in [0.1, 0.15) is 49.0 Å². The summed E-state index contributed by atoms with van der Waals surface area (Å²) in [4.78, 5) is 14.7. The molecule has 98 valence electrons. The van der Waals surface area contributed by atoms with Crippen LogP contribution in [0.3, 0.4) is 0 Å². The van der Waals surface area contributed by atoms with Gasteiger partial charge >= 0.3 is 0 Å². The van der Waals surface area contributed by atoms with Gasteiger partial charge in [-0.15, -0.1) is 0 Å². The van der Waals surface area contributed by atoms with E-state index in [0.717, 1.165) is 30.4 Å². The molecule has 2 atom stereocenters. The van der Waals surface area contributed by atoms with Gasteiger partial charge in [-0.2, -0.15) is 0 Å². The standard InChI is InChI=1S/C15H22N2O/c1-4-13-8-6-11(3)17(13)15(18)14-9-12(16)7-5-10(14)2/h5,7,9,11,13H,4,6,8,16H2,1-3H3. The molecule has 1 aromatic carbocycles. The quantitative estimate of drug-likeness (QED) is 0.815. The number of rotatable bonds is 2. The molecule has 1 aromatic rings. The van der Waals surface area contributed by atoms with Crippen LogP contribution in [0.2, 0.25) is 0 Å². The number of hydrogen-bond donors (Lipinski definition) is 1. The molecule has 1 amide bonds. The molecule has 1 saturated heterocycles. The number of anilines is 1. The summed E-state index contributed by atoms with van der Waals surface area (Å²) in [7, 11) is 0. The van der Waals surface area contributed by atoms with Gasteiger partial charge in [0.05, 0.1) is 0 Å². The molecule has 1 fully saturated rings. The minimum atomic E-state index is 0.136. The summed E-state index contributed by atoms with van der Waals surface area (Å²) < 4.78 is 0. The molecule has 0 bridgehead atoms. The molecular weight excluding hydrogens is 224 g/mol. The van der Waals surface area contributed by atoms with Crippen LogP contribution in [0, 0.1) is 6.92 Å². The molecular formula is C15H22N2O. The van der Waals surface area contributed by atoms with Crippen molar-refractivity contribution in [2.75, 3.05) is 5.73 Å². The van der Waals surface area contributed by atoms with E-state index < -0.39 is 0 Å². The van der Waals surface area contributed by atoms with Crippen LogP contribution < -0.4 is 5.73 Å². The first-order valence-electron chi connectivity index (χ1n) is 6.73. The number of aryl methyl sites for hydroxylation is 1. The number of nitrogens with zero attached hydrogens (tertiary/aromatic N) is 1. The lowest BCUT2D eigenvalue weighted by Crippen LogP contribution is -2.40. The molecule has 0 saturated carbocycles. The van der Waals surface area contributed by atoms with E-state index in [1.807, 2.05) is 24.0 Å². The highest BCUT2D eigenvalue weighted by atomic mass is 16.2. The van der Waals surface area contributed by atoms with E-state index in [9.17, 15) is 4.79 Å². The SMILES string of the molecule is CCC1CCC(C)N1C(=O)c1cc(N)ccc1C. The average molecular weight is 246 g/mol. The van der Waals surface area contributed by atoms with Crippen molar-refractivity contribution in [1.29, 1.82) is 0 Å². The van der Waals surface area contributed by atoms with E-state index in [1.165, 1.54) is 0 Å². The minimum absolute atomic E-state index is 0.136. The first kappa shape index (κ1) is 12.9. The van der Waals surface area contributed by atoms with Gasteiger partial charge in [0, 0.05) is 23.3 Å². The summed E-state index contributed by atoms with van der Waals surface area (Å²) in [6, 6.07) is 6.29. The van der Waals surface area contributed by atoms with Crippen molar-refractivity contribution >= 4 is 11.6 Å². The van der Waals surface area contributed by atoms with Gasteiger partial charge in [0.15, 0.2) is 0 Å². The van der Waals surface area contributed by atoms with Gasteiger partial charge in [0.25, 0.3) is 5.91 Å². The van der Waals surface area contributed by atoms with Gasteiger partial charge in [-0.25, -0.2) is 0 Å². The molecule has 3 nitrogen and oxygen atoms in total. The lowest BCUT2D eigenvalue weighted by molar-refractivity contribution is 0.0675. The smallest absolute Gasteiger partial charge is 0.254 e. The molecule has 2 unspecified atom stereocenters. The fourth-order valence-electron chi connectivity index (χ4n) is 2.85.